The molecule has 0 aliphatic carbocycles. The fourth-order valence-electron chi connectivity index (χ4n) is 3.10. The number of nitrogens with zero attached hydrogens (tertiary/aromatic N) is 3. The topological polar surface area (TPSA) is 71.8 Å². The van der Waals surface area contributed by atoms with Crippen molar-refractivity contribution < 1.29 is 9.18 Å². The fourth-order valence-corrected chi connectivity index (χ4v) is 3.34. The molecule has 1 aliphatic heterocycles. The molecule has 3 aromatic rings. The van der Waals surface area contributed by atoms with Gasteiger partial charge in [-0.1, -0.05) is 29.8 Å². The number of benzene rings is 2. The molecule has 1 amide bonds. The van der Waals surface area contributed by atoms with E-state index in [1.807, 2.05) is 18.2 Å². The van der Waals surface area contributed by atoms with Crippen molar-refractivity contribution in [2.75, 3.05) is 10.6 Å². The van der Waals surface area contributed by atoms with Crippen LogP contribution in [0, 0.1) is 5.82 Å². The fraction of sp³-hybridized carbons (Fsp3) is 0.105. The van der Waals surface area contributed by atoms with Gasteiger partial charge < -0.3 is 10.6 Å². The minimum atomic E-state index is -0.544. The van der Waals surface area contributed by atoms with E-state index in [2.05, 4.69) is 20.7 Å². The third-order valence-corrected chi connectivity index (χ3v) is 4.69. The summed E-state index contributed by atoms with van der Waals surface area (Å²) < 4.78 is 14.8. The molecule has 0 fully saturated rings. The predicted octanol–water partition coefficient (Wildman–Crippen LogP) is 4.00. The van der Waals surface area contributed by atoms with Crippen LogP contribution in [0.3, 0.4) is 0 Å². The van der Waals surface area contributed by atoms with E-state index < -0.39 is 6.04 Å². The van der Waals surface area contributed by atoms with Crippen molar-refractivity contribution in [1.29, 1.82) is 0 Å². The molecule has 136 valence electrons. The number of fused-ring (bicyclic) bond motifs is 1. The molecule has 8 heteroatoms. The largest absolute Gasteiger partial charge is 0.328 e. The molecule has 0 bridgehead atoms. The smallest absolute Gasteiger partial charge is 0.255 e. The Morgan fingerprint density at radius 2 is 1.96 bits per heavy atom. The Labute approximate surface area is 159 Å². The summed E-state index contributed by atoms with van der Waals surface area (Å²) in [5.41, 5.74) is 2.31. The second-order valence-electron chi connectivity index (χ2n) is 6.08. The van der Waals surface area contributed by atoms with Crippen LogP contribution in [0.15, 0.2) is 66.1 Å². The number of amides is 1. The van der Waals surface area contributed by atoms with Crippen LogP contribution in [0.1, 0.15) is 18.5 Å². The summed E-state index contributed by atoms with van der Waals surface area (Å²) in [4.78, 5) is 17.3. The molecular formula is C19H15ClFN5O. The van der Waals surface area contributed by atoms with Gasteiger partial charge in [-0.05, 0) is 37.3 Å². The zero-order valence-corrected chi connectivity index (χ0v) is 15.0. The van der Waals surface area contributed by atoms with E-state index in [0.29, 0.717) is 27.9 Å². The normalized spacial score (nSPS) is 15.9. The van der Waals surface area contributed by atoms with Crippen molar-refractivity contribution in [3.05, 3.63) is 82.5 Å². The Bertz CT molecular complexity index is 1040. The Kier molecular flexibility index (Phi) is 4.37. The standard InChI is InChI=1S/C19H15ClFN5O/c1-11-16(18(27)25-13-8-6-12(21)7-9-13)17(14-4-2-3-5-15(14)20)26-19(24-11)22-10-23-26/h2-10,17H,1H3,(H,25,27)(H,22,23,24)/t17-/m0/s1. The summed E-state index contributed by atoms with van der Waals surface area (Å²) in [6.07, 6.45) is 1.42. The highest BCUT2D eigenvalue weighted by Crippen LogP contribution is 2.37. The Hall–Kier alpha value is -3.19. The van der Waals surface area contributed by atoms with Crippen LogP contribution >= 0.6 is 11.6 Å². The van der Waals surface area contributed by atoms with E-state index in [1.54, 1.807) is 17.7 Å². The minimum absolute atomic E-state index is 0.335. The van der Waals surface area contributed by atoms with Crippen LogP contribution in [0.2, 0.25) is 5.02 Å². The molecule has 1 aromatic heterocycles. The second-order valence-corrected chi connectivity index (χ2v) is 6.48. The molecule has 0 unspecified atom stereocenters. The summed E-state index contributed by atoms with van der Waals surface area (Å²) in [5.74, 6) is -0.183. The number of aromatic nitrogens is 3. The van der Waals surface area contributed by atoms with Gasteiger partial charge >= 0.3 is 0 Å². The van der Waals surface area contributed by atoms with E-state index in [1.165, 1.54) is 30.6 Å². The number of nitrogens with one attached hydrogen (secondary N) is 2. The lowest BCUT2D eigenvalue weighted by atomic mass is 9.95. The van der Waals surface area contributed by atoms with Crippen molar-refractivity contribution in [1.82, 2.24) is 14.8 Å². The van der Waals surface area contributed by atoms with Crippen LogP contribution in [-0.4, -0.2) is 20.7 Å². The van der Waals surface area contributed by atoms with Crippen molar-refractivity contribution in [3.8, 4) is 0 Å². The first kappa shape index (κ1) is 17.2. The second kappa shape index (κ2) is 6.85. The quantitative estimate of drug-likeness (QED) is 0.717. The Balaban J connectivity index is 1.77. The van der Waals surface area contributed by atoms with E-state index in [4.69, 9.17) is 11.6 Å². The van der Waals surface area contributed by atoms with Crippen LogP contribution in [0.4, 0.5) is 16.0 Å². The van der Waals surface area contributed by atoms with Gasteiger partial charge in [-0.15, -0.1) is 0 Å². The third-order valence-electron chi connectivity index (χ3n) is 4.34. The molecule has 0 spiro atoms. The zero-order valence-electron chi connectivity index (χ0n) is 14.3. The van der Waals surface area contributed by atoms with Crippen molar-refractivity contribution in [3.63, 3.8) is 0 Å². The number of carbonyl (C=O) groups is 1. The van der Waals surface area contributed by atoms with E-state index >= 15 is 0 Å². The highest BCUT2D eigenvalue weighted by Gasteiger charge is 2.34. The number of allylic oxidation sites excluding steroid dienone is 1. The van der Waals surface area contributed by atoms with Gasteiger partial charge in [0.15, 0.2) is 0 Å². The molecule has 0 radical (unpaired) electrons. The van der Waals surface area contributed by atoms with E-state index in [-0.39, 0.29) is 11.7 Å². The van der Waals surface area contributed by atoms with Gasteiger partial charge in [0, 0.05) is 22.0 Å². The summed E-state index contributed by atoms with van der Waals surface area (Å²) in [5, 5.41) is 10.7. The van der Waals surface area contributed by atoms with Gasteiger partial charge in [-0.25, -0.2) is 9.07 Å². The van der Waals surface area contributed by atoms with Crippen molar-refractivity contribution in [2.45, 2.75) is 13.0 Å². The first-order chi connectivity index (χ1) is 13.0. The molecule has 4 rings (SSSR count). The maximum absolute atomic E-state index is 13.1. The van der Waals surface area contributed by atoms with Gasteiger partial charge in [-0.3, -0.25) is 4.79 Å². The maximum Gasteiger partial charge on any atom is 0.255 e. The van der Waals surface area contributed by atoms with Crippen LogP contribution in [-0.2, 0) is 4.79 Å². The average Bonchev–Trinajstić information content (AvgIpc) is 3.11. The summed E-state index contributed by atoms with van der Waals surface area (Å²) in [7, 11) is 0. The number of hydrogen-bond donors (Lipinski definition) is 2. The third kappa shape index (κ3) is 3.17. The predicted molar refractivity (Wildman–Crippen MR) is 101 cm³/mol. The summed E-state index contributed by atoms with van der Waals surface area (Å²) in [6, 6.07) is 12.3. The highest BCUT2D eigenvalue weighted by molar-refractivity contribution is 6.31. The Morgan fingerprint density at radius 3 is 2.70 bits per heavy atom. The number of hydrogen-bond acceptors (Lipinski definition) is 4. The number of rotatable bonds is 3. The maximum atomic E-state index is 13.1. The monoisotopic (exact) mass is 383 g/mol. The number of anilines is 2. The Morgan fingerprint density at radius 1 is 1.22 bits per heavy atom. The SMILES string of the molecule is CC1=C(C(=O)Nc2ccc(F)cc2)[C@H](c2ccccc2Cl)n2ncnc2N1. The number of carbonyl (C=O) groups excluding carboxylic acids is 1. The molecule has 27 heavy (non-hydrogen) atoms. The highest BCUT2D eigenvalue weighted by atomic mass is 35.5. The molecule has 2 N–H and O–H groups in total. The summed E-state index contributed by atoms with van der Waals surface area (Å²) in [6.45, 7) is 1.79. The van der Waals surface area contributed by atoms with Gasteiger partial charge in [0.05, 0.1) is 5.57 Å². The van der Waals surface area contributed by atoms with Crippen LogP contribution in [0.25, 0.3) is 0 Å². The first-order valence-electron chi connectivity index (χ1n) is 8.23. The van der Waals surface area contributed by atoms with Gasteiger partial charge in [0.1, 0.15) is 18.2 Å². The van der Waals surface area contributed by atoms with Gasteiger partial charge in [0.2, 0.25) is 5.95 Å². The molecule has 0 saturated carbocycles. The molecule has 6 nitrogen and oxygen atoms in total. The first-order valence-corrected chi connectivity index (χ1v) is 8.61. The van der Waals surface area contributed by atoms with Crippen LogP contribution in [0.5, 0.6) is 0 Å². The van der Waals surface area contributed by atoms with Crippen molar-refractivity contribution in [2.24, 2.45) is 0 Å². The summed E-state index contributed by atoms with van der Waals surface area (Å²) >= 11 is 6.41. The zero-order chi connectivity index (χ0) is 19.0. The molecule has 1 atom stereocenters. The molecule has 2 heterocycles. The van der Waals surface area contributed by atoms with E-state index in [0.717, 1.165) is 5.56 Å². The van der Waals surface area contributed by atoms with Crippen molar-refractivity contribution >= 4 is 29.1 Å². The minimum Gasteiger partial charge on any atom is -0.328 e. The lowest BCUT2D eigenvalue weighted by molar-refractivity contribution is -0.113. The number of halogens is 2. The lowest BCUT2D eigenvalue weighted by Crippen LogP contribution is -2.31. The molecule has 1 aliphatic rings. The van der Waals surface area contributed by atoms with Gasteiger partial charge in [-0.2, -0.15) is 10.1 Å². The molecule has 2 aromatic carbocycles. The lowest BCUT2D eigenvalue weighted by Gasteiger charge is -2.29. The van der Waals surface area contributed by atoms with Crippen LogP contribution < -0.4 is 10.6 Å². The molecular weight excluding hydrogens is 369 g/mol. The van der Waals surface area contributed by atoms with Gasteiger partial charge in [0.25, 0.3) is 5.91 Å². The van der Waals surface area contributed by atoms with E-state index in [9.17, 15) is 9.18 Å². The molecule has 0 saturated heterocycles. The average molecular weight is 384 g/mol.